The Morgan fingerprint density at radius 2 is 2.25 bits per heavy atom. The van der Waals surface area contributed by atoms with Gasteiger partial charge < -0.3 is 10.5 Å². The fraction of sp³-hybridized carbons (Fsp3) is 0.636. The van der Waals surface area contributed by atoms with Crippen LogP contribution in [0.15, 0.2) is 0 Å². The molecule has 0 unspecified atom stereocenters. The summed E-state index contributed by atoms with van der Waals surface area (Å²) < 4.78 is 5.02. The largest absolute Gasteiger partial charge is 0.462 e. The van der Waals surface area contributed by atoms with E-state index in [1.807, 2.05) is 0 Å². The predicted octanol–water partition coefficient (Wildman–Crippen LogP) is 2.56. The molecule has 0 atom stereocenters. The van der Waals surface area contributed by atoms with E-state index in [2.05, 4.69) is 4.98 Å². The Balaban J connectivity index is 2.25. The zero-order valence-corrected chi connectivity index (χ0v) is 10.2. The van der Waals surface area contributed by atoms with E-state index < -0.39 is 0 Å². The molecular weight excluding hydrogens is 224 g/mol. The number of anilines is 1. The second kappa shape index (κ2) is 4.82. The first kappa shape index (κ1) is 11.4. The molecule has 0 saturated heterocycles. The summed E-state index contributed by atoms with van der Waals surface area (Å²) in [6.07, 6.45) is 4.64. The first-order valence-electron chi connectivity index (χ1n) is 5.65. The third kappa shape index (κ3) is 2.19. The minimum absolute atomic E-state index is 0.279. The van der Waals surface area contributed by atoms with Crippen molar-refractivity contribution in [1.29, 1.82) is 0 Å². The van der Waals surface area contributed by atoms with Gasteiger partial charge in [0.1, 0.15) is 4.88 Å². The molecule has 88 valence electrons. The van der Waals surface area contributed by atoms with Crippen molar-refractivity contribution in [3.05, 3.63) is 10.6 Å². The Kier molecular flexibility index (Phi) is 3.43. The van der Waals surface area contributed by atoms with Crippen molar-refractivity contribution in [2.75, 3.05) is 12.3 Å². The van der Waals surface area contributed by atoms with Gasteiger partial charge >= 0.3 is 5.97 Å². The topological polar surface area (TPSA) is 65.2 Å². The molecule has 16 heavy (non-hydrogen) atoms. The molecule has 0 amide bonds. The smallest absolute Gasteiger partial charge is 0.350 e. The number of carbonyl (C=O) groups excluding carboxylic acids is 1. The fourth-order valence-corrected chi connectivity index (χ4v) is 2.98. The monoisotopic (exact) mass is 240 g/mol. The van der Waals surface area contributed by atoms with Crippen molar-refractivity contribution in [2.24, 2.45) is 0 Å². The fourth-order valence-electron chi connectivity index (χ4n) is 2.17. The van der Waals surface area contributed by atoms with Gasteiger partial charge in [-0.05, 0) is 19.8 Å². The van der Waals surface area contributed by atoms with Crippen molar-refractivity contribution in [2.45, 2.75) is 38.5 Å². The molecule has 1 aromatic rings. The van der Waals surface area contributed by atoms with Crippen LogP contribution >= 0.6 is 11.3 Å². The Hall–Kier alpha value is -1.10. The predicted molar refractivity (Wildman–Crippen MR) is 63.7 cm³/mol. The van der Waals surface area contributed by atoms with E-state index in [-0.39, 0.29) is 5.97 Å². The molecule has 0 aliphatic heterocycles. The highest BCUT2D eigenvalue weighted by Gasteiger charge is 2.27. The van der Waals surface area contributed by atoms with Crippen LogP contribution in [0.2, 0.25) is 0 Å². The maximum absolute atomic E-state index is 11.7. The highest BCUT2D eigenvalue weighted by molar-refractivity contribution is 7.17. The van der Waals surface area contributed by atoms with Crippen molar-refractivity contribution in [1.82, 2.24) is 4.98 Å². The van der Waals surface area contributed by atoms with Gasteiger partial charge in [-0.2, -0.15) is 0 Å². The standard InChI is InChI=1S/C11H16N2O2S/c1-2-15-10(14)9-8(13-11(12)16-9)7-5-3-4-6-7/h7H,2-6H2,1H3,(H2,12,13). The number of rotatable bonds is 3. The normalized spacial score (nSPS) is 16.6. The van der Waals surface area contributed by atoms with E-state index >= 15 is 0 Å². The molecule has 1 heterocycles. The number of carbonyl (C=O) groups is 1. The zero-order valence-electron chi connectivity index (χ0n) is 9.36. The zero-order chi connectivity index (χ0) is 11.5. The lowest BCUT2D eigenvalue weighted by atomic mass is 10.0. The van der Waals surface area contributed by atoms with E-state index in [9.17, 15) is 4.79 Å². The summed E-state index contributed by atoms with van der Waals surface area (Å²) in [7, 11) is 0. The van der Waals surface area contributed by atoms with Gasteiger partial charge in [-0.15, -0.1) is 0 Å². The van der Waals surface area contributed by atoms with Crippen molar-refractivity contribution >= 4 is 22.4 Å². The molecule has 4 nitrogen and oxygen atoms in total. The Morgan fingerprint density at radius 3 is 2.88 bits per heavy atom. The lowest BCUT2D eigenvalue weighted by molar-refractivity contribution is 0.0530. The van der Waals surface area contributed by atoms with Crippen molar-refractivity contribution < 1.29 is 9.53 Å². The van der Waals surface area contributed by atoms with Crippen molar-refractivity contribution in [3.63, 3.8) is 0 Å². The van der Waals surface area contributed by atoms with E-state index in [0.717, 1.165) is 18.5 Å². The molecular formula is C11H16N2O2S. The number of ether oxygens (including phenoxy) is 1. The average molecular weight is 240 g/mol. The number of esters is 1. The van der Waals surface area contributed by atoms with E-state index in [1.54, 1.807) is 6.92 Å². The molecule has 0 bridgehead atoms. The van der Waals surface area contributed by atoms with E-state index in [4.69, 9.17) is 10.5 Å². The maximum Gasteiger partial charge on any atom is 0.350 e. The summed E-state index contributed by atoms with van der Waals surface area (Å²) in [5.74, 6) is 0.117. The first-order chi connectivity index (χ1) is 7.72. The summed E-state index contributed by atoms with van der Waals surface area (Å²) in [6.45, 7) is 2.19. The molecule has 1 aromatic heterocycles. The number of nitrogens with zero attached hydrogens (tertiary/aromatic N) is 1. The highest BCUT2D eigenvalue weighted by Crippen LogP contribution is 2.38. The minimum atomic E-state index is -0.279. The van der Waals surface area contributed by atoms with Crippen molar-refractivity contribution in [3.8, 4) is 0 Å². The molecule has 0 spiro atoms. The van der Waals surface area contributed by atoms with Gasteiger partial charge in [0.25, 0.3) is 0 Å². The van der Waals surface area contributed by atoms with Crippen LogP contribution in [0.5, 0.6) is 0 Å². The second-order valence-electron chi connectivity index (χ2n) is 3.97. The van der Waals surface area contributed by atoms with Gasteiger partial charge in [0.05, 0.1) is 12.3 Å². The molecule has 2 N–H and O–H groups in total. The Labute approximate surface area is 98.8 Å². The quantitative estimate of drug-likeness (QED) is 0.825. The van der Waals surface area contributed by atoms with Crippen LogP contribution in [0.3, 0.4) is 0 Å². The summed E-state index contributed by atoms with van der Waals surface area (Å²) in [5, 5.41) is 0.463. The number of nitrogen functional groups attached to an aromatic ring is 1. The molecule has 1 saturated carbocycles. The third-order valence-electron chi connectivity index (χ3n) is 2.87. The van der Waals surface area contributed by atoms with Gasteiger partial charge in [0.15, 0.2) is 5.13 Å². The second-order valence-corrected chi connectivity index (χ2v) is 5.00. The summed E-state index contributed by atoms with van der Waals surface area (Å²) in [5.41, 5.74) is 6.54. The molecule has 1 fully saturated rings. The lowest BCUT2D eigenvalue weighted by Crippen LogP contribution is -2.07. The van der Waals surface area contributed by atoms with Crippen LogP contribution in [0.25, 0.3) is 0 Å². The van der Waals surface area contributed by atoms with Crippen LogP contribution < -0.4 is 5.73 Å². The number of hydrogen-bond acceptors (Lipinski definition) is 5. The van der Waals surface area contributed by atoms with Gasteiger partial charge in [-0.1, -0.05) is 24.2 Å². The van der Waals surface area contributed by atoms with E-state index in [0.29, 0.717) is 22.5 Å². The molecule has 1 aliphatic rings. The molecule has 2 rings (SSSR count). The number of nitrogens with two attached hydrogens (primary N) is 1. The average Bonchev–Trinajstić information content (AvgIpc) is 2.85. The SMILES string of the molecule is CCOC(=O)c1sc(N)nc1C1CCCC1. The van der Waals surface area contributed by atoms with Crippen LogP contribution in [-0.4, -0.2) is 17.6 Å². The molecule has 0 radical (unpaired) electrons. The van der Waals surface area contributed by atoms with Gasteiger partial charge in [-0.3, -0.25) is 0 Å². The van der Waals surface area contributed by atoms with Crippen LogP contribution in [0, 0.1) is 0 Å². The number of aromatic nitrogens is 1. The summed E-state index contributed by atoms with van der Waals surface area (Å²) in [6, 6.07) is 0. The van der Waals surface area contributed by atoms with E-state index in [1.165, 1.54) is 24.2 Å². The summed E-state index contributed by atoms with van der Waals surface area (Å²) >= 11 is 1.24. The van der Waals surface area contributed by atoms with Crippen LogP contribution in [0.1, 0.15) is 53.9 Å². The number of thiazole rings is 1. The third-order valence-corrected chi connectivity index (χ3v) is 3.75. The van der Waals surface area contributed by atoms with Gasteiger partial charge in [0, 0.05) is 5.92 Å². The highest BCUT2D eigenvalue weighted by atomic mass is 32.1. The van der Waals surface area contributed by atoms with Crippen LogP contribution in [-0.2, 0) is 4.74 Å². The Bertz CT molecular complexity index is 383. The molecule has 5 heteroatoms. The molecule has 0 aromatic carbocycles. The maximum atomic E-state index is 11.7. The first-order valence-corrected chi connectivity index (χ1v) is 6.47. The minimum Gasteiger partial charge on any atom is -0.462 e. The number of hydrogen-bond donors (Lipinski definition) is 1. The van der Waals surface area contributed by atoms with Gasteiger partial charge in [-0.25, -0.2) is 9.78 Å². The lowest BCUT2D eigenvalue weighted by Gasteiger charge is -2.07. The van der Waals surface area contributed by atoms with Gasteiger partial charge in [0.2, 0.25) is 0 Å². The Morgan fingerprint density at radius 1 is 1.56 bits per heavy atom. The summed E-state index contributed by atoms with van der Waals surface area (Å²) in [4.78, 5) is 16.6. The van der Waals surface area contributed by atoms with Crippen LogP contribution in [0.4, 0.5) is 5.13 Å². The molecule has 1 aliphatic carbocycles.